The molecule has 35 heavy (non-hydrogen) atoms. The molecule has 1 aliphatic heterocycles. The second-order valence-corrected chi connectivity index (χ2v) is 11.0. The third kappa shape index (κ3) is 3.24. The van der Waals surface area contributed by atoms with Crippen molar-refractivity contribution in [1.29, 1.82) is 0 Å². The summed E-state index contributed by atoms with van der Waals surface area (Å²) in [5.74, 6) is 0.385. The molecule has 2 unspecified atom stereocenters. The number of amides is 1. The fourth-order valence-corrected chi connectivity index (χ4v) is 6.43. The van der Waals surface area contributed by atoms with Crippen LogP contribution in [0.3, 0.4) is 0 Å². The number of nitrogens with two attached hydrogens (primary N) is 1. The number of nitrogens with zero attached hydrogens (tertiary/aromatic N) is 4. The lowest BCUT2D eigenvalue weighted by molar-refractivity contribution is 0.0699. The predicted octanol–water partition coefficient (Wildman–Crippen LogP) is 5.03. The van der Waals surface area contributed by atoms with E-state index in [-0.39, 0.29) is 18.0 Å². The van der Waals surface area contributed by atoms with Gasteiger partial charge in [-0.2, -0.15) is 5.10 Å². The number of aryl methyl sites for hydroxylation is 1. The molecule has 3 fully saturated rings. The molecule has 2 saturated carbocycles. The number of rotatable bonds is 4. The first-order valence-electron chi connectivity index (χ1n) is 12.4. The minimum absolute atomic E-state index is 0.0213. The Morgan fingerprint density at radius 2 is 2.03 bits per heavy atom. The number of hydrogen-bond donors (Lipinski definition) is 1. The molecule has 4 heterocycles. The summed E-state index contributed by atoms with van der Waals surface area (Å²) >= 11 is 6.32. The van der Waals surface area contributed by atoms with E-state index in [4.69, 9.17) is 22.4 Å². The van der Waals surface area contributed by atoms with Gasteiger partial charge in [-0.3, -0.25) is 4.79 Å². The number of piperidine rings is 1. The van der Waals surface area contributed by atoms with E-state index in [1.165, 1.54) is 23.4 Å². The minimum Gasteiger partial charge on any atom is -0.339 e. The lowest BCUT2D eigenvalue weighted by Crippen LogP contribution is -2.41. The lowest BCUT2D eigenvalue weighted by atomic mass is 10.1. The number of carbonyl (C=O) groups is 1. The van der Waals surface area contributed by atoms with Crippen molar-refractivity contribution in [1.82, 2.24) is 19.1 Å². The van der Waals surface area contributed by atoms with Gasteiger partial charge in [0.05, 0.1) is 16.8 Å². The highest BCUT2D eigenvalue weighted by atomic mass is 35.5. The monoisotopic (exact) mass is 491 g/mol. The topological polar surface area (TPSA) is 68.6 Å². The van der Waals surface area contributed by atoms with Crippen LogP contribution < -0.4 is 5.73 Å². The molecule has 4 aromatic rings. The van der Waals surface area contributed by atoms with Gasteiger partial charge in [-0.25, -0.2) is 8.91 Å². The van der Waals surface area contributed by atoms with Crippen molar-refractivity contribution in [2.24, 2.45) is 17.6 Å². The highest BCUT2D eigenvalue weighted by molar-refractivity contribution is 6.31. The summed E-state index contributed by atoms with van der Waals surface area (Å²) in [5, 5.41) is 6.58. The Kier molecular flexibility index (Phi) is 4.61. The van der Waals surface area contributed by atoms with Crippen LogP contribution in [0.2, 0.25) is 5.02 Å². The number of likely N-dealkylation sites (tertiary alicyclic amines) is 1. The normalized spacial score (nSPS) is 23.8. The molecule has 7 rings (SSSR count). The molecule has 180 valence electrons. The summed E-state index contributed by atoms with van der Waals surface area (Å²) in [6.07, 6.45) is 6.07. The second-order valence-electron chi connectivity index (χ2n) is 10.6. The number of aromatic nitrogens is 3. The minimum atomic E-state index is -0.436. The Hall–Kier alpha value is -2.90. The zero-order valence-corrected chi connectivity index (χ0v) is 20.3. The summed E-state index contributed by atoms with van der Waals surface area (Å²) in [4.78, 5) is 15.1. The highest BCUT2D eigenvalue weighted by Crippen LogP contribution is 2.39. The van der Waals surface area contributed by atoms with Crippen molar-refractivity contribution >= 4 is 33.9 Å². The zero-order valence-electron chi connectivity index (χ0n) is 19.5. The van der Waals surface area contributed by atoms with Crippen LogP contribution in [0.15, 0.2) is 36.5 Å². The Morgan fingerprint density at radius 3 is 2.74 bits per heavy atom. The largest absolute Gasteiger partial charge is 0.339 e. The van der Waals surface area contributed by atoms with Crippen LogP contribution in [0.25, 0.3) is 27.8 Å². The van der Waals surface area contributed by atoms with Crippen molar-refractivity contribution in [3.63, 3.8) is 0 Å². The van der Waals surface area contributed by atoms with Gasteiger partial charge in [0.15, 0.2) is 0 Å². The standard InChI is InChI=1S/C27H27ClFN5O/c1-14-25(23-9-16-4-6-19(28)10-22(16)32(23)11-15-2-3-15)31-34-13-18(8-20(29)26(14)34)27(35)33-12-17-5-7-21(33)24(17)30/h4,6,8-10,13,15,17,21,24H,2-3,5,7,11-12,30H2,1H3/t17?,21?,24-/m1/s1. The molecule has 8 heteroatoms. The zero-order chi connectivity index (χ0) is 24.0. The first-order chi connectivity index (χ1) is 16.9. The van der Waals surface area contributed by atoms with Gasteiger partial charge in [-0.15, -0.1) is 0 Å². The quantitative estimate of drug-likeness (QED) is 0.435. The van der Waals surface area contributed by atoms with Gasteiger partial charge in [0, 0.05) is 47.3 Å². The molecule has 0 spiro atoms. The lowest BCUT2D eigenvalue weighted by Gasteiger charge is -2.27. The summed E-state index contributed by atoms with van der Waals surface area (Å²) in [7, 11) is 0. The smallest absolute Gasteiger partial charge is 0.255 e. The van der Waals surface area contributed by atoms with Crippen molar-refractivity contribution in [3.05, 3.63) is 58.5 Å². The van der Waals surface area contributed by atoms with Crippen LogP contribution in [-0.2, 0) is 6.54 Å². The number of carbonyl (C=O) groups excluding carboxylic acids is 1. The molecular weight excluding hydrogens is 465 g/mol. The van der Waals surface area contributed by atoms with Crippen LogP contribution in [-0.4, -0.2) is 43.6 Å². The van der Waals surface area contributed by atoms with Gasteiger partial charge < -0.3 is 15.2 Å². The van der Waals surface area contributed by atoms with Crippen molar-refractivity contribution in [3.8, 4) is 11.4 Å². The van der Waals surface area contributed by atoms with E-state index in [1.54, 1.807) is 6.20 Å². The SMILES string of the molecule is Cc1c(-c2cc3ccc(Cl)cc3n2CC2CC2)nn2cc(C(=O)N3CC4CCC3[C@@H]4N)cc(F)c12. The summed E-state index contributed by atoms with van der Waals surface area (Å²) in [6.45, 7) is 3.43. The Balaban J connectivity index is 1.34. The summed E-state index contributed by atoms with van der Waals surface area (Å²) < 4.78 is 19.2. The molecule has 6 nitrogen and oxygen atoms in total. The van der Waals surface area contributed by atoms with Crippen LogP contribution in [0.4, 0.5) is 4.39 Å². The van der Waals surface area contributed by atoms with Gasteiger partial charge in [-0.05, 0) is 68.7 Å². The average Bonchev–Trinajstić information content (AvgIpc) is 3.25. The van der Waals surface area contributed by atoms with Crippen molar-refractivity contribution in [2.45, 2.75) is 51.2 Å². The Bertz CT molecular complexity index is 1520. The van der Waals surface area contributed by atoms with Crippen molar-refractivity contribution < 1.29 is 9.18 Å². The molecule has 1 saturated heterocycles. The molecule has 2 N–H and O–H groups in total. The molecule has 3 aromatic heterocycles. The fourth-order valence-electron chi connectivity index (χ4n) is 6.26. The maximum Gasteiger partial charge on any atom is 0.255 e. The van der Waals surface area contributed by atoms with E-state index in [0.717, 1.165) is 47.2 Å². The summed E-state index contributed by atoms with van der Waals surface area (Å²) in [6, 6.07) is 9.42. The summed E-state index contributed by atoms with van der Waals surface area (Å²) in [5.41, 5.74) is 10.5. The van der Waals surface area contributed by atoms with Gasteiger partial charge in [0.1, 0.15) is 17.0 Å². The van der Waals surface area contributed by atoms with E-state index < -0.39 is 5.82 Å². The van der Waals surface area contributed by atoms with Crippen molar-refractivity contribution in [2.75, 3.05) is 6.54 Å². The third-order valence-corrected chi connectivity index (χ3v) is 8.56. The third-order valence-electron chi connectivity index (χ3n) is 8.32. The Morgan fingerprint density at radius 1 is 1.20 bits per heavy atom. The van der Waals surface area contributed by atoms with Crippen LogP contribution in [0.5, 0.6) is 0 Å². The van der Waals surface area contributed by atoms with Gasteiger partial charge >= 0.3 is 0 Å². The highest BCUT2D eigenvalue weighted by Gasteiger charge is 2.47. The average molecular weight is 492 g/mol. The molecule has 2 aliphatic carbocycles. The number of pyridine rings is 1. The molecular formula is C27H27ClFN5O. The molecule has 1 amide bonds. The first kappa shape index (κ1) is 21.4. The molecule has 1 aromatic carbocycles. The number of halogens is 2. The van der Waals surface area contributed by atoms with Crippen LogP contribution in [0.1, 0.15) is 41.6 Å². The molecule has 2 bridgehead atoms. The maximum atomic E-state index is 15.4. The first-order valence-corrected chi connectivity index (χ1v) is 12.8. The van der Waals surface area contributed by atoms with E-state index in [9.17, 15) is 4.79 Å². The predicted molar refractivity (Wildman–Crippen MR) is 134 cm³/mol. The number of hydrogen-bond acceptors (Lipinski definition) is 3. The number of benzene rings is 1. The Labute approximate surface area is 207 Å². The number of fused-ring (bicyclic) bond motifs is 4. The van der Waals surface area contributed by atoms with Crippen LogP contribution in [0, 0.1) is 24.6 Å². The van der Waals surface area contributed by atoms with Gasteiger partial charge in [0.25, 0.3) is 5.91 Å². The molecule has 3 atom stereocenters. The van der Waals surface area contributed by atoms with E-state index >= 15 is 4.39 Å². The van der Waals surface area contributed by atoms with E-state index in [2.05, 4.69) is 10.6 Å². The van der Waals surface area contributed by atoms with E-state index in [0.29, 0.717) is 34.5 Å². The maximum absolute atomic E-state index is 15.4. The fraction of sp³-hybridized carbons (Fsp3) is 0.407. The molecule has 0 radical (unpaired) electrons. The van der Waals surface area contributed by atoms with Gasteiger partial charge in [-0.1, -0.05) is 17.7 Å². The van der Waals surface area contributed by atoms with E-state index in [1.807, 2.05) is 30.0 Å². The van der Waals surface area contributed by atoms with Crippen LogP contribution >= 0.6 is 11.6 Å². The molecule has 3 aliphatic rings. The van der Waals surface area contributed by atoms with Gasteiger partial charge in [0.2, 0.25) is 0 Å². The second kappa shape index (κ2) is 7.55.